The number of rotatable bonds is 1. The van der Waals surface area contributed by atoms with Crippen molar-refractivity contribution in [2.45, 2.75) is 26.3 Å². The van der Waals surface area contributed by atoms with E-state index in [2.05, 4.69) is 32.0 Å². The van der Waals surface area contributed by atoms with E-state index in [0.29, 0.717) is 6.54 Å². The molecular formula is C7H13N. The van der Waals surface area contributed by atoms with Crippen LogP contribution in [-0.4, -0.2) is 12.1 Å². The summed E-state index contributed by atoms with van der Waals surface area (Å²) in [6, 6.07) is 0. The summed E-state index contributed by atoms with van der Waals surface area (Å²) in [7, 11) is 0. The minimum absolute atomic E-state index is 0.159. The first-order chi connectivity index (χ1) is 3.56. The lowest BCUT2D eigenvalue weighted by atomic mass is 10.1. The van der Waals surface area contributed by atoms with Gasteiger partial charge in [-0.2, -0.15) is 0 Å². The van der Waals surface area contributed by atoms with E-state index in [-0.39, 0.29) is 5.54 Å². The summed E-state index contributed by atoms with van der Waals surface area (Å²) in [4.78, 5) is 0. The lowest BCUT2D eigenvalue weighted by Gasteiger charge is -2.17. The predicted molar refractivity (Wildman–Crippen MR) is 36.6 cm³/mol. The average molecular weight is 111 g/mol. The third kappa shape index (κ3) is 5.52. The van der Waals surface area contributed by atoms with Gasteiger partial charge in [0.25, 0.3) is 0 Å². The molecule has 0 atom stereocenters. The van der Waals surface area contributed by atoms with Crippen molar-refractivity contribution in [2.75, 3.05) is 6.54 Å². The summed E-state index contributed by atoms with van der Waals surface area (Å²) < 4.78 is 0. The van der Waals surface area contributed by atoms with Crippen molar-refractivity contribution in [2.24, 2.45) is 0 Å². The lowest BCUT2D eigenvalue weighted by Crippen LogP contribution is -2.35. The molecule has 0 spiro atoms. The molecule has 1 nitrogen and oxygen atoms in total. The second-order valence-electron chi connectivity index (χ2n) is 2.81. The van der Waals surface area contributed by atoms with E-state index in [1.165, 1.54) is 0 Å². The zero-order valence-corrected chi connectivity index (χ0v) is 5.78. The fourth-order valence-corrected chi connectivity index (χ4v) is 0.316. The Bertz CT molecular complexity index is 91.9. The number of hydrogen-bond donors (Lipinski definition) is 1. The van der Waals surface area contributed by atoms with E-state index >= 15 is 0 Å². The Labute approximate surface area is 51.5 Å². The maximum absolute atomic E-state index is 5.02. The van der Waals surface area contributed by atoms with Gasteiger partial charge in [-0.25, -0.2) is 0 Å². The molecule has 0 unspecified atom stereocenters. The molecule has 0 radical (unpaired) electrons. The molecule has 0 fully saturated rings. The van der Waals surface area contributed by atoms with Crippen molar-refractivity contribution >= 4 is 0 Å². The average Bonchev–Trinajstić information content (AvgIpc) is 1.59. The highest BCUT2D eigenvalue weighted by atomic mass is 14.9. The van der Waals surface area contributed by atoms with Crippen LogP contribution in [0, 0.1) is 12.3 Å². The quantitative estimate of drug-likeness (QED) is 0.498. The molecule has 0 aliphatic rings. The first kappa shape index (κ1) is 7.52. The summed E-state index contributed by atoms with van der Waals surface area (Å²) in [6.45, 7) is 6.92. The summed E-state index contributed by atoms with van der Waals surface area (Å²) in [5.74, 6) is 2.51. The molecule has 0 bridgehead atoms. The van der Waals surface area contributed by atoms with Gasteiger partial charge in [0, 0.05) is 5.54 Å². The zero-order valence-electron chi connectivity index (χ0n) is 5.78. The SMILES string of the molecule is C#CCNC(C)(C)C. The number of nitrogens with one attached hydrogen (secondary N) is 1. The van der Waals surface area contributed by atoms with Gasteiger partial charge in [-0.3, -0.25) is 0 Å². The van der Waals surface area contributed by atoms with Crippen LogP contribution in [0.25, 0.3) is 0 Å². The molecule has 0 aromatic rings. The van der Waals surface area contributed by atoms with Crippen LogP contribution in [0.15, 0.2) is 0 Å². The molecule has 0 aliphatic heterocycles. The monoisotopic (exact) mass is 111 g/mol. The Morgan fingerprint density at radius 3 is 2.12 bits per heavy atom. The zero-order chi connectivity index (χ0) is 6.62. The summed E-state index contributed by atoms with van der Waals surface area (Å²) >= 11 is 0. The Hall–Kier alpha value is -0.480. The summed E-state index contributed by atoms with van der Waals surface area (Å²) in [5.41, 5.74) is 0.159. The molecule has 0 heterocycles. The van der Waals surface area contributed by atoms with Gasteiger partial charge >= 0.3 is 0 Å². The highest BCUT2D eigenvalue weighted by Crippen LogP contribution is 1.95. The van der Waals surface area contributed by atoms with Crippen LogP contribution < -0.4 is 5.32 Å². The fraction of sp³-hybridized carbons (Fsp3) is 0.714. The summed E-state index contributed by atoms with van der Waals surface area (Å²) in [5, 5.41) is 3.14. The van der Waals surface area contributed by atoms with Gasteiger partial charge in [0.1, 0.15) is 0 Å². The third-order valence-corrected chi connectivity index (χ3v) is 0.721. The van der Waals surface area contributed by atoms with E-state index in [9.17, 15) is 0 Å². The van der Waals surface area contributed by atoms with Gasteiger partial charge in [0.2, 0.25) is 0 Å². The standard InChI is InChI=1S/C7H13N/c1-5-6-8-7(2,3)4/h1,8H,6H2,2-4H3. The van der Waals surface area contributed by atoms with Gasteiger partial charge in [-0.05, 0) is 20.8 Å². The van der Waals surface area contributed by atoms with Crippen molar-refractivity contribution < 1.29 is 0 Å². The van der Waals surface area contributed by atoms with Gasteiger partial charge < -0.3 is 5.32 Å². The molecule has 8 heavy (non-hydrogen) atoms. The molecule has 46 valence electrons. The van der Waals surface area contributed by atoms with Crippen LogP contribution in [0.4, 0.5) is 0 Å². The van der Waals surface area contributed by atoms with Crippen molar-refractivity contribution in [3.05, 3.63) is 0 Å². The molecule has 1 N–H and O–H groups in total. The van der Waals surface area contributed by atoms with Crippen LogP contribution in [0.5, 0.6) is 0 Å². The Morgan fingerprint density at radius 1 is 1.50 bits per heavy atom. The predicted octanol–water partition coefficient (Wildman–Crippen LogP) is 1.01. The normalized spacial score (nSPS) is 10.8. The topological polar surface area (TPSA) is 12.0 Å². The van der Waals surface area contributed by atoms with Crippen LogP contribution in [-0.2, 0) is 0 Å². The first-order valence-corrected chi connectivity index (χ1v) is 2.75. The molecule has 0 saturated carbocycles. The summed E-state index contributed by atoms with van der Waals surface area (Å²) in [6.07, 6.45) is 5.02. The Balaban J connectivity index is 3.28. The van der Waals surface area contributed by atoms with Crippen LogP contribution in [0.2, 0.25) is 0 Å². The van der Waals surface area contributed by atoms with Crippen molar-refractivity contribution in [1.82, 2.24) is 5.32 Å². The van der Waals surface area contributed by atoms with Gasteiger partial charge in [-0.15, -0.1) is 6.42 Å². The Morgan fingerprint density at radius 2 is 2.00 bits per heavy atom. The van der Waals surface area contributed by atoms with Gasteiger partial charge in [0.05, 0.1) is 6.54 Å². The third-order valence-electron chi connectivity index (χ3n) is 0.721. The Kier molecular flexibility index (Phi) is 2.57. The largest absolute Gasteiger partial charge is 0.301 e. The maximum atomic E-state index is 5.02. The molecular weight excluding hydrogens is 98.1 g/mol. The molecule has 0 saturated heterocycles. The van der Waals surface area contributed by atoms with Crippen molar-refractivity contribution in [1.29, 1.82) is 0 Å². The minimum atomic E-state index is 0.159. The molecule has 0 aromatic carbocycles. The van der Waals surface area contributed by atoms with E-state index in [4.69, 9.17) is 6.42 Å². The number of hydrogen-bond acceptors (Lipinski definition) is 1. The van der Waals surface area contributed by atoms with Crippen molar-refractivity contribution in [3.63, 3.8) is 0 Å². The molecule has 0 amide bonds. The van der Waals surface area contributed by atoms with E-state index in [1.807, 2.05) is 0 Å². The minimum Gasteiger partial charge on any atom is -0.301 e. The molecule has 1 heteroatoms. The first-order valence-electron chi connectivity index (χ1n) is 2.75. The van der Waals surface area contributed by atoms with Gasteiger partial charge in [0.15, 0.2) is 0 Å². The molecule has 0 aliphatic carbocycles. The fourth-order valence-electron chi connectivity index (χ4n) is 0.316. The maximum Gasteiger partial charge on any atom is 0.0577 e. The second kappa shape index (κ2) is 2.74. The van der Waals surface area contributed by atoms with Crippen LogP contribution in [0.1, 0.15) is 20.8 Å². The van der Waals surface area contributed by atoms with E-state index in [1.54, 1.807) is 0 Å². The van der Waals surface area contributed by atoms with E-state index < -0.39 is 0 Å². The highest BCUT2D eigenvalue weighted by molar-refractivity contribution is 4.89. The highest BCUT2D eigenvalue weighted by Gasteiger charge is 2.05. The number of terminal acetylenes is 1. The van der Waals surface area contributed by atoms with Gasteiger partial charge in [-0.1, -0.05) is 5.92 Å². The van der Waals surface area contributed by atoms with Crippen LogP contribution in [0.3, 0.4) is 0 Å². The van der Waals surface area contributed by atoms with E-state index in [0.717, 1.165) is 0 Å². The van der Waals surface area contributed by atoms with Crippen molar-refractivity contribution in [3.8, 4) is 12.3 Å². The second-order valence-corrected chi connectivity index (χ2v) is 2.81. The smallest absolute Gasteiger partial charge is 0.0577 e. The lowest BCUT2D eigenvalue weighted by molar-refractivity contribution is 0.452. The molecule has 0 rings (SSSR count). The molecule has 0 aromatic heterocycles. The van der Waals surface area contributed by atoms with Crippen LogP contribution >= 0.6 is 0 Å².